The molecule has 0 unspecified atom stereocenters. The number of nitrogens with zero attached hydrogens (tertiary/aromatic N) is 1. The van der Waals surface area contributed by atoms with Gasteiger partial charge in [0.05, 0.1) is 11.9 Å². The molecule has 3 nitrogen and oxygen atoms in total. The molecule has 1 aromatic heterocycles. The van der Waals surface area contributed by atoms with Crippen molar-refractivity contribution in [3.05, 3.63) is 24.0 Å². The molecule has 1 heterocycles. The van der Waals surface area contributed by atoms with Crippen LogP contribution in [0.5, 0.6) is 0 Å². The van der Waals surface area contributed by atoms with Gasteiger partial charge in [0.15, 0.2) is 0 Å². The van der Waals surface area contributed by atoms with Crippen LogP contribution in [0.1, 0.15) is 12.1 Å². The minimum absolute atomic E-state index is 0.214. The summed E-state index contributed by atoms with van der Waals surface area (Å²) in [6.45, 7) is 0.214. The Morgan fingerprint density at radius 2 is 2.27 bits per heavy atom. The first kappa shape index (κ1) is 8.01. The van der Waals surface area contributed by atoms with E-state index in [1.807, 2.05) is 12.1 Å². The lowest BCUT2D eigenvalue weighted by molar-refractivity contribution is 0.288. The molecule has 0 saturated heterocycles. The van der Waals surface area contributed by atoms with Crippen LogP contribution in [-0.2, 0) is 6.42 Å². The van der Waals surface area contributed by atoms with Crippen LogP contribution >= 0.6 is 0 Å². The first-order chi connectivity index (χ1) is 5.33. The van der Waals surface area contributed by atoms with Gasteiger partial charge in [0.25, 0.3) is 0 Å². The number of hydrogen-bond acceptors (Lipinski definition) is 3. The third-order valence-corrected chi connectivity index (χ3v) is 1.44. The van der Waals surface area contributed by atoms with Crippen LogP contribution < -0.4 is 5.73 Å². The van der Waals surface area contributed by atoms with Gasteiger partial charge in [-0.2, -0.15) is 0 Å². The number of anilines is 1. The van der Waals surface area contributed by atoms with Gasteiger partial charge in [0, 0.05) is 12.3 Å². The number of nitrogen functional groups attached to an aromatic ring is 1. The van der Waals surface area contributed by atoms with Gasteiger partial charge in [-0.05, 0) is 25.0 Å². The highest BCUT2D eigenvalue weighted by Gasteiger charge is 1.92. The molecule has 1 aromatic rings. The Bertz CT molecular complexity index is 208. The van der Waals surface area contributed by atoms with Gasteiger partial charge in [-0.25, -0.2) is 0 Å². The van der Waals surface area contributed by atoms with Crippen molar-refractivity contribution in [2.24, 2.45) is 0 Å². The van der Waals surface area contributed by atoms with E-state index in [9.17, 15) is 0 Å². The molecule has 0 amide bonds. The number of pyridine rings is 1. The van der Waals surface area contributed by atoms with Crippen molar-refractivity contribution in [2.45, 2.75) is 12.8 Å². The first-order valence-electron chi connectivity index (χ1n) is 3.64. The fourth-order valence-electron chi connectivity index (χ4n) is 0.844. The van der Waals surface area contributed by atoms with Crippen molar-refractivity contribution in [3.63, 3.8) is 0 Å². The van der Waals surface area contributed by atoms with Gasteiger partial charge in [-0.3, -0.25) is 4.98 Å². The number of nitrogens with two attached hydrogens (primary N) is 1. The van der Waals surface area contributed by atoms with Gasteiger partial charge < -0.3 is 10.8 Å². The molecular weight excluding hydrogens is 140 g/mol. The van der Waals surface area contributed by atoms with E-state index < -0.39 is 0 Å². The highest BCUT2D eigenvalue weighted by Crippen LogP contribution is 2.02. The summed E-state index contributed by atoms with van der Waals surface area (Å²) in [4.78, 5) is 4.08. The van der Waals surface area contributed by atoms with E-state index in [4.69, 9.17) is 10.8 Å². The Hall–Kier alpha value is -1.09. The van der Waals surface area contributed by atoms with Gasteiger partial charge >= 0.3 is 0 Å². The number of aryl methyl sites for hydroxylation is 1. The molecule has 0 aliphatic carbocycles. The van der Waals surface area contributed by atoms with Crippen molar-refractivity contribution in [2.75, 3.05) is 12.3 Å². The van der Waals surface area contributed by atoms with Crippen LogP contribution in [0, 0.1) is 0 Å². The van der Waals surface area contributed by atoms with Gasteiger partial charge in [-0.15, -0.1) is 0 Å². The van der Waals surface area contributed by atoms with Crippen molar-refractivity contribution in [1.82, 2.24) is 4.98 Å². The molecule has 0 aromatic carbocycles. The molecular formula is C8H12N2O. The Kier molecular flexibility index (Phi) is 2.86. The second kappa shape index (κ2) is 3.93. The summed E-state index contributed by atoms with van der Waals surface area (Å²) in [5.41, 5.74) is 7.10. The van der Waals surface area contributed by atoms with E-state index in [0.717, 1.165) is 18.5 Å². The Labute approximate surface area is 65.9 Å². The normalized spacial score (nSPS) is 9.91. The lowest BCUT2D eigenvalue weighted by Gasteiger charge is -1.97. The minimum atomic E-state index is 0.214. The summed E-state index contributed by atoms with van der Waals surface area (Å²) in [5, 5.41) is 8.53. The van der Waals surface area contributed by atoms with E-state index >= 15 is 0 Å². The van der Waals surface area contributed by atoms with Crippen LogP contribution in [-0.4, -0.2) is 16.7 Å². The fourth-order valence-corrected chi connectivity index (χ4v) is 0.844. The molecule has 11 heavy (non-hydrogen) atoms. The van der Waals surface area contributed by atoms with Crippen molar-refractivity contribution < 1.29 is 5.11 Å². The van der Waals surface area contributed by atoms with Crippen LogP contribution in [0.2, 0.25) is 0 Å². The predicted octanol–water partition coefficient (Wildman–Crippen LogP) is 0.589. The quantitative estimate of drug-likeness (QED) is 0.666. The van der Waals surface area contributed by atoms with Crippen LogP contribution in [0.15, 0.2) is 18.3 Å². The van der Waals surface area contributed by atoms with Crippen molar-refractivity contribution >= 4 is 5.69 Å². The summed E-state index contributed by atoms with van der Waals surface area (Å²) in [6, 6.07) is 3.70. The molecule has 0 atom stereocenters. The molecule has 1 rings (SSSR count). The summed E-state index contributed by atoms with van der Waals surface area (Å²) >= 11 is 0. The van der Waals surface area contributed by atoms with E-state index in [1.54, 1.807) is 6.20 Å². The maximum atomic E-state index is 8.53. The molecule has 0 aliphatic heterocycles. The SMILES string of the molecule is Nc1ccc(CCCO)nc1. The monoisotopic (exact) mass is 152 g/mol. The van der Waals surface area contributed by atoms with Crippen LogP contribution in [0.25, 0.3) is 0 Å². The summed E-state index contributed by atoms with van der Waals surface area (Å²) in [6.07, 6.45) is 3.21. The number of aliphatic hydroxyl groups excluding tert-OH is 1. The number of rotatable bonds is 3. The third-order valence-electron chi connectivity index (χ3n) is 1.44. The average molecular weight is 152 g/mol. The standard InChI is InChI=1S/C8H12N2O/c9-7-3-4-8(10-6-7)2-1-5-11/h3-4,6,11H,1-2,5,9H2. The maximum absolute atomic E-state index is 8.53. The zero-order valence-electron chi connectivity index (χ0n) is 6.33. The molecule has 0 radical (unpaired) electrons. The minimum Gasteiger partial charge on any atom is -0.397 e. The highest BCUT2D eigenvalue weighted by atomic mass is 16.2. The second-order valence-electron chi connectivity index (χ2n) is 2.41. The lowest BCUT2D eigenvalue weighted by atomic mass is 10.2. The maximum Gasteiger partial charge on any atom is 0.0501 e. The lowest BCUT2D eigenvalue weighted by Crippen LogP contribution is -1.94. The fraction of sp³-hybridized carbons (Fsp3) is 0.375. The van der Waals surface area contributed by atoms with Gasteiger partial charge in [0.1, 0.15) is 0 Å². The number of aliphatic hydroxyl groups is 1. The molecule has 3 heteroatoms. The Morgan fingerprint density at radius 1 is 1.45 bits per heavy atom. The second-order valence-corrected chi connectivity index (χ2v) is 2.41. The van der Waals surface area contributed by atoms with E-state index in [-0.39, 0.29) is 6.61 Å². The van der Waals surface area contributed by atoms with Gasteiger partial charge in [-0.1, -0.05) is 0 Å². The van der Waals surface area contributed by atoms with Crippen molar-refractivity contribution in [1.29, 1.82) is 0 Å². The number of hydrogen-bond donors (Lipinski definition) is 2. The van der Waals surface area contributed by atoms with Crippen LogP contribution in [0.4, 0.5) is 5.69 Å². The molecule has 0 fully saturated rings. The molecule has 60 valence electrons. The highest BCUT2D eigenvalue weighted by molar-refractivity contribution is 5.34. The third kappa shape index (κ3) is 2.55. The topological polar surface area (TPSA) is 59.1 Å². The van der Waals surface area contributed by atoms with E-state index in [0.29, 0.717) is 5.69 Å². The molecule has 0 saturated carbocycles. The molecule has 0 aliphatic rings. The molecule has 0 bridgehead atoms. The first-order valence-corrected chi connectivity index (χ1v) is 3.64. The number of aromatic nitrogens is 1. The molecule has 0 spiro atoms. The summed E-state index contributed by atoms with van der Waals surface area (Å²) in [7, 11) is 0. The van der Waals surface area contributed by atoms with E-state index in [1.165, 1.54) is 0 Å². The van der Waals surface area contributed by atoms with Crippen LogP contribution in [0.3, 0.4) is 0 Å². The summed E-state index contributed by atoms with van der Waals surface area (Å²) < 4.78 is 0. The summed E-state index contributed by atoms with van der Waals surface area (Å²) in [5.74, 6) is 0. The largest absolute Gasteiger partial charge is 0.397 e. The predicted molar refractivity (Wildman–Crippen MR) is 44.1 cm³/mol. The van der Waals surface area contributed by atoms with Gasteiger partial charge in [0.2, 0.25) is 0 Å². The smallest absolute Gasteiger partial charge is 0.0501 e. The zero-order chi connectivity index (χ0) is 8.10. The Balaban J connectivity index is 2.52. The average Bonchev–Trinajstić information content (AvgIpc) is 2.04. The zero-order valence-corrected chi connectivity index (χ0v) is 6.33. The van der Waals surface area contributed by atoms with Crippen molar-refractivity contribution in [3.8, 4) is 0 Å². The van der Waals surface area contributed by atoms with E-state index in [2.05, 4.69) is 4.98 Å². The Morgan fingerprint density at radius 3 is 2.82 bits per heavy atom. The molecule has 3 N–H and O–H groups in total.